The fraction of sp³-hybridized carbons (Fsp3) is 0.143. The van der Waals surface area contributed by atoms with Crippen LogP contribution in [0.4, 0.5) is 4.39 Å². The van der Waals surface area contributed by atoms with E-state index in [0.717, 1.165) is 15.8 Å². The average molecular weight is 408 g/mol. The van der Waals surface area contributed by atoms with Crippen LogP contribution in [0, 0.1) is 5.82 Å². The second kappa shape index (κ2) is 6.25. The maximum Gasteiger partial charge on any atom is 0.137 e. The van der Waals surface area contributed by atoms with Crippen molar-refractivity contribution in [3.8, 4) is 5.75 Å². The first kappa shape index (κ1) is 14.8. The monoisotopic (exact) mass is 406 g/mol. The molecule has 0 fully saturated rings. The van der Waals surface area contributed by atoms with Gasteiger partial charge >= 0.3 is 0 Å². The summed E-state index contributed by atoms with van der Waals surface area (Å²) in [7, 11) is 1.60. The van der Waals surface area contributed by atoms with Gasteiger partial charge in [0.2, 0.25) is 0 Å². The van der Waals surface area contributed by atoms with Crippen molar-refractivity contribution in [1.82, 2.24) is 0 Å². The largest absolute Gasteiger partial charge is 0.496 e. The Kier molecular flexibility index (Phi) is 4.87. The number of rotatable bonds is 3. The van der Waals surface area contributed by atoms with E-state index in [0.29, 0.717) is 10.0 Å². The molecule has 0 bridgehead atoms. The van der Waals surface area contributed by atoms with E-state index in [1.807, 2.05) is 18.2 Å². The zero-order valence-corrected chi connectivity index (χ0v) is 13.9. The van der Waals surface area contributed by atoms with Crippen molar-refractivity contribution in [3.05, 3.63) is 62.3 Å². The molecule has 2 aromatic rings. The Labute approximate surface area is 133 Å². The smallest absolute Gasteiger partial charge is 0.137 e. The van der Waals surface area contributed by atoms with Crippen LogP contribution in [0.1, 0.15) is 16.5 Å². The first-order valence-electron chi connectivity index (χ1n) is 5.46. The van der Waals surface area contributed by atoms with Crippen LogP contribution in [0.15, 0.2) is 45.3 Å². The minimum atomic E-state index is -0.438. The summed E-state index contributed by atoms with van der Waals surface area (Å²) in [4.78, 5) is 0. The first-order valence-corrected chi connectivity index (χ1v) is 7.48. The lowest BCUT2D eigenvalue weighted by Gasteiger charge is -2.14. The molecule has 2 rings (SSSR count). The third-order valence-electron chi connectivity index (χ3n) is 2.72. The number of hydrogen-bond donors (Lipinski definition) is 0. The van der Waals surface area contributed by atoms with Gasteiger partial charge in [0.1, 0.15) is 11.6 Å². The summed E-state index contributed by atoms with van der Waals surface area (Å²) in [6, 6.07) is 10.4. The summed E-state index contributed by atoms with van der Waals surface area (Å²) in [6.45, 7) is 0. The highest BCUT2D eigenvalue weighted by molar-refractivity contribution is 9.10. The summed E-state index contributed by atoms with van der Waals surface area (Å²) >= 11 is 13.1. The molecule has 1 atom stereocenters. The van der Waals surface area contributed by atoms with Crippen LogP contribution in [0.25, 0.3) is 0 Å². The lowest BCUT2D eigenvalue weighted by Crippen LogP contribution is -1.97. The maximum absolute atomic E-state index is 13.5. The summed E-state index contributed by atoms with van der Waals surface area (Å²) in [6.07, 6.45) is 0. The van der Waals surface area contributed by atoms with Crippen LogP contribution in [-0.4, -0.2) is 7.11 Å². The van der Waals surface area contributed by atoms with Crippen molar-refractivity contribution in [1.29, 1.82) is 0 Å². The molecule has 0 saturated heterocycles. The second-order valence-electron chi connectivity index (χ2n) is 3.90. The fourth-order valence-electron chi connectivity index (χ4n) is 1.74. The van der Waals surface area contributed by atoms with Gasteiger partial charge in [0.05, 0.1) is 21.4 Å². The highest BCUT2D eigenvalue weighted by atomic mass is 79.9. The van der Waals surface area contributed by atoms with Gasteiger partial charge in [-0.1, -0.05) is 18.2 Å². The van der Waals surface area contributed by atoms with Gasteiger partial charge in [0.15, 0.2) is 0 Å². The third kappa shape index (κ3) is 3.12. The molecule has 100 valence electrons. The molecule has 0 heterocycles. The molecular formula is C14H10Br2ClFO. The Bertz CT molecular complexity index is 604. The Balaban J connectivity index is 2.41. The third-order valence-corrected chi connectivity index (χ3v) is 4.67. The molecule has 0 radical (unpaired) electrons. The molecule has 0 saturated carbocycles. The summed E-state index contributed by atoms with van der Waals surface area (Å²) in [5.74, 6) is 0.404. The van der Waals surface area contributed by atoms with Crippen molar-refractivity contribution in [2.45, 2.75) is 5.38 Å². The zero-order valence-electron chi connectivity index (χ0n) is 9.96. The Morgan fingerprint density at radius 3 is 2.58 bits per heavy atom. The summed E-state index contributed by atoms with van der Waals surface area (Å²) < 4.78 is 19.9. The van der Waals surface area contributed by atoms with Crippen molar-refractivity contribution in [2.24, 2.45) is 0 Å². The molecule has 0 spiro atoms. The Morgan fingerprint density at radius 1 is 1.21 bits per heavy atom. The molecule has 19 heavy (non-hydrogen) atoms. The predicted octanol–water partition coefficient (Wildman–Crippen LogP) is 5.69. The van der Waals surface area contributed by atoms with Crippen LogP contribution in [0.3, 0.4) is 0 Å². The van der Waals surface area contributed by atoms with E-state index in [1.165, 1.54) is 6.07 Å². The normalized spacial score (nSPS) is 12.3. The topological polar surface area (TPSA) is 9.23 Å². The summed E-state index contributed by atoms with van der Waals surface area (Å²) in [5.41, 5.74) is 1.55. The standard InChI is InChI=1S/C14H10Br2ClFO/c1-19-12-6-5-8(7-10(12)15)14(17)9-3-2-4-11(18)13(9)16/h2-7,14H,1H3. The van der Waals surface area contributed by atoms with Gasteiger partial charge in [0, 0.05) is 0 Å². The van der Waals surface area contributed by atoms with E-state index in [9.17, 15) is 4.39 Å². The van der Waals surface area contributed by atoms with Crippen LogP contribution in [0.2, 0.25) is 0 Å². The van der Waals surface area contributed by atoms with Gasteiger partial charge in [0.25, 0.3) is 0 Å². The second-order valence-corrected chi connectivity index (χ2v) is 5.98. The number of hydrogen-bond acceptors (Lipinski definition) is 1. The minimum absolute atomic E-state index is 0.323. The van der Waals surface area contributed by atoms with Crippen molar-refractivity contribution >= 4 is 43.5 Å². The number of ether oxygens (including phenoxy) is 1. The molecular weight excluding hydrogens is 398 g/mol. The summed E-state index contributed by atoms with van der Waals surface area (Å²) in [5, 5.41) is -0.438. The average Bonchev–Trinajstić information content (AvgIpc) is 2.41. The molecule has 0 aliphatic rings. The van der Waals surface area contributed by atoms with E-state index in [4.69, 9.17) is 16.3 Å². The highest BCUT2D eigenvalue weighted by Crippen LogP contribution is 2.37. The minimum Gasteiger partial charge on any atom is -0.496 e. The van der Waals surface area contributed by atoms with Gasteiger partial charge in [-0.2, -0.15) is 0 Å². The Hall–Kier alpha value is -0.580. The van der Waals surface area contributed by atoms with Crippen molar-refractivity contribution < 1.29 is 9.13 Å². The number of alkyl halides is 1. The quantitative estimate of drug-likeness (QED) is 0.593. The van der Waals surface area contributed by atoms with Crippen molar-refractivity contribution in [2.75, 3.05) is 7.11 Å². The van der Waals surface area contributed by atoms with Gasteiger partial charge in [-0.15, -0.1) is 11.6 Å². The molecule has 0 N–H and O–H groups in total. The molecule has 0 aliphatic heterocycles. The number of halogens is 4. The zero-order chi connectivity index (χ0) is 14.0. The maximum atomic E-state index is 13.5. The van der Waals surface area contributed by atoms with E-state index in [2.05, 4.69) is 31.9 Å². The van der Waals surface area contributed by atoms with Gasteiger partial charge in [-0.3, -0.25) is 0 Å². The lowest BCUT2D eigenvalue weighted by atomic mass is 10.0. The van der Waals surface area contributed by atoms with Crippen LogP contribution >= 0.6 is 43.5 Å². The van der Waals surface area contributed by atoms with E-state index >= 15 is 0 Å². The van der Waals surface area contributed by atoms with Crippen molar-refractivity contribution in [3.63, 3.8) is 0 Å². The SMILES string of the molecule is COc1ccc(C(Cl)c2cccc(F)c2Br)cc1Br. The Morgan fingerprint density at radius 2 is 1.95 bits per heavy atom. The predicted molar refractivity (Wildman–Crippen MR) is 82.5 cm³/mol. The van der Waals surface area contributed by atoms with E-state index in [1.54, 1.807) is 19.2 Å². The fourth-order valence-corrected chi connectivity index (χ4v) is 3.24. The van der Waals surface area contributed by atoms with E-state index in [-0.39, 0.29) is 5.82 Å². The molecule has 0 aromatic heterocycles. The molecule has 0 amide bonds. The number of benzene rings is 2. The molecule has 5 heteroatoms. The number of methoxy groups -OCH3 is 1. The molecule has 0 aliphatic carbocycles. The highest BCUT2D eigenvalue weighted by Gasteiger charge is 2.17. The van der Waals surface area contributed by atoms with Crippen LogP contribution in [0.5, 0.6) is 5.75 Å². The lowest BCUT2D eigenvalue weighted by molar-refractivity contribution is 0.412. The van der Waals surface area contributed by atoms with Crippen LogP contribution in [-0.2, 0) is 0 Å². The molecule has 1 nitrogen and oxygen atoms in total. The molecule has 1 unspecified atom stereocenters. The first-order chi connectivity index (χ1) is 9.04. The van der Waals surface area contributed by atoms with Crippen LogP contribution < -0.4 is 4.74 Å². The molecule has 2 aromatic carbocycles. The van der Waals surface area contributed by atoms with E-state index < -0.39 is 5.38 Å². The van der Waals surface area contributed by atoms with Gasteiger partial charge in [-0.25, -0.2) is 4.39 Å². The van der Waals surface area contributed by atoms with Gasteiger partial charge in [-0.05, 0) is 61.2 Å². The van der Waals surface area contributed by atoms with Gasteiger partial charge < -0.3 is 4.74 Å².